The van der Waals surface area contributed by atoms with Crippen LogP contribution in [0.1, 0.15) is 12.0 Å². The van der Waals surface area contributed by atoms with Gasteiger partial charge in [-0.25, -0.2) is 9.18 Å². The van der Waals surface area contributed by atoms with Gasteiger partial charge in [-0.15, -0.1) is 0 Å². The fraction of sp³-hybridized carbons (Fsp3) is 0.562. The smallest absolute Gasteiger partial charge is 0.322 e. The number of anilines is 1. The van der Waals surface area contributed by atoms with Gasteiger partial charge in [0.25, 0.3) is 0 Å². The van der Waals surface area contributed by atoms with Crippen molar-refractivity contribution in [1.29, 1.82) is 0 Å². The highest BCUT2D eigenvalue weighted by Crippen LogP contribution is 2.16. The number of urea groups is 1. The molecule has 0 spiro atoms. The zero-order chi connectivity index (χ0) is 15.9. The van der Waals surface area contributed by atoms with Gasteiger partial charge in [0.15, 0.2) is 0 Å². The number of ether oxygens (including phenoxy) is 1. The van der Waals surface area contributed by atoms with Crippen molar-refractivity contribution >= 4 is 11.7 Å². The van der Waals surface area contributed by atoms with Crippen LogP contribution in [0.2, 0.25) is 0 Å². The largest absolute Gasteiger partial charge is 0.385 e. The van der Waals surface area contributed by atoms with Crippen molar-refractivity contribution in [2.45, 2.75) is 13.3 Å². The van der Waals surface area contributed by atoms with Crippen LogP contribution in [-0.4, -0.2) is 62.3 Å². The summed E-state index contributed by atoms with van der Waals surface area (Å²) in [6, 6.07) is 4.47. The Morgan fingerprint density at radius 3 is 2.73 bits per heavy atom. The lowest BCUT2D eigenvalue weighted by Crippen LogP contribution is -2.50. The summed E-state index contributed by atoms with van der Waals surface area (Å²) < 4.78 is 18.7. The summed E-state index contributed by atoms with van der Waals surface area (Å²) in [5, 5.41) is 2.66. The molecule has 1 fully saturated rings. The number of nitrogens with one attached hydrogen (secondary N) is 1. The molecule has 6 heteroatoms. The molecule has 1 aromatic rings. The van der Waals surface area contributed by atoms with Gasteiger partial charge in [-0.05, 0) is 31.0 Å². The van der Waals surface area contributed by atoms with Crippen LogP contribution in [0, 0.1) is 12.7 Å². The van der Waals surface area contributed by atoms with Gasteiger partial charge in [0.1, 0.15) is 5.82 Å². The number of hydrogen-bond donors (Lipinski definition) is 1. The number of amides is 2. The molecule has 1 aliphatic heterocycles. The molecule has 0 aromatic heterocycles. The first kappa shape index (κ1) is 16.7. The fourth-order valence-electron chi connectivity index (χ4n) is 2.54. The van der Waals surface area contributed by atoms with Crippen LogP contribution in [0.4, 0.5) is 14.9 Å². The molecule has 0 atom stereocenters. The number of aryl methyl sites for hydroxylation is 1. The summed E-state index contributed by atoms with van der Waals surface area (Å²) in [6.07, 6.45) is 0.997. The lowest BCUT2D eigenvalue weighted by atomic mass is 10.2. The Hall–Kier alpha value is -1.66. The predicted molar refractivity (Wildman–Crippen MR) is 84.7 cm³/mol. The van der Waals surface area contributed by atoms with Gasteiger partial charge in [-0.3, -0.25) is 4.90 Å². The van der Waals surface area contributed by atoms with Crippen LogP contribution in [0.15, 0.2) is 18.2 Å². The maximum absolute atomic E-state index is 13.7. The van der Waals surface area contributed by atoms with E-state index in [4.69, 9.17) is 4.74 Å². The molecule has 1 aliphatic rings. The van der Waals surface area contributed by atoms with E-state index in [0.29, 0.717) is 13.1 Å². The van der Waals surface area contributed by atoms with Crippen molar-refractivity contribution in [3.8, 4) is 0 Å². The highest BCUT2D eigenvalue weighted by molar-refractivity contribution is 5.89. The molecule has 2 amide bonds. The van der Waals surface area contributed by atoms with Gasteiger partial charge in [-0.1, -0.05) is 6.07 Å². The summed E-state index contributed by atoms with van der Waals surface area (Å²) in [5.74, 6) is -0.405. The molecule has 5 nitrogen and oxygen atoms in total. The minimum Gasteiger partial charge on any atom is -0.385 e. The number of nitrogens with zero attached hydrogens (tertiary/aromatic N) is 2. The van der Waals surface area contributed by atoms with Crippen molar-refractivity contribution in [3.05, 3.63) is 29.6 Å². The molecule has 0 saturated carbocycles. The summed E-state index contributed by atoms with van der Waals surface area (Å²) in [5.41, 5.74) is 1.16. The minimum absolute atomic E-state index is 0.235. The molecule has 0 aliphatic carbocycles. The number of methoxy groups -OCH3 is 1. The Labute approximate surface area is 131 Å². The van der Waals surface area contributed by atoms with Gasteiger partial charge < -0.3 is 15.0 Å². The van der Waals surface area contributed by atoms with Gasteiger partial charge in [0.2, 0.25) is 0 Å². The third kappa shape index (κ3) is 4.68. The number of carbonyl (C=O) groups is 1. The summed E-state index contributed by atoms with van der Waals surface area (Å²) >= 11 is 0. The van der Waals surface area contributed by atoms with Crippen molar-refractivity contribution in [2.24, 2.45) is 0 Å². The maximum atomic E-state index is 13.7. The van der Waals surface area contributed by atoms with E-state index in [1.807, 2.05) is 6.92 Å². The number of hydrogen-bond acceptors (Lipinski definition) is 3. The van der Waals surface area contributed by atoms with E-state index in [-0.39, 0.29) is 11.7 Å². The Morgan fingerprint density at radius 1 is 1.32 bits per heavy atom. The second-order valence-corrected chi connectivity index (χ2v) is 5.59. The average molecular weight is 309 g/mol. The Morgan fingerprint density at radius 2 is 2.05 bits per heavy atom. The molecule has 1 N–H and O–H groups in total. The Bertz CT molecular complexity index is 502. The lowest BCUT2D eigenvalue weighted by molar-refractivity contribution is 0.130. The number of benzene rings is 1. The molecule has 1 heterocycles. The second-order valence-electron chi connectivity index (χ2n) is 5.59. The van der Waals surface area contributed by atoms with Crippen LogP contribution in [0.25, 0.3) is 0 Å². The first-order valence-corrected chi connectivity index (χ1v) is 7.63. The Balaban J connectivity index is 1.81. The molecule has 1 aromatic carbocycles. The average Bonchev–Trinajstić information content (AvgIpc) is 2.52. The molecular weight excluding hydrogens is 285 g/mol. The molecule has 122 valence electrons. The van der Waals surface area contributed by atoms with Crippen LogP contribution in [-0.2, 0) is 4.74 Å². The minimum atomic E-state index is -0.405. The molecule has 1 saturated heterocycles. The first-order chi connectivity index (χ1) is 10.6. The van der Waals surface area contributed by atoms with E-state index in [0.717, 1.165) is 38.2 Å². The van der Waals surface area contributed by atoms with Crippen LogP contribution in [0.5, 0.6) is 0 Å². The van der Waals surface area contributed by atoms with Crippen LogP contribution < -0.4 is 5.32 Å². The normalized spacial score (nSPS) is 15.9. The van der Waals surface area contributed by atoms with E-state index in [2.05, 4.69) is 10.2 Å². The molecule has 22 heavy (non-hydrogen) atoms. The van der Waals surface area contributed by atoms with E-state index >= 15 is 0 Å². The molecule has 0 radical (unpaired) electrons. The van der Waals surface area contributed by atoms with Crippen molar-refractivity contribution in [1.82, 2.24) is 9.80 Å². The third-order valence-electron chi connectivity index (χ3n) is 3.85. The first-order valence-electron chi connectivity index (χ1n) is 7.63. The van der Waals surface area contributed by atoms with Gasteiger partial charge in [0, 0.05) is 46.4 Å². The molecule has 0 bridgehead atoms. The monoisotopic (exact) mass is 309 g/mol. The zero-order valence-electron chi connectivity index (χ0n) is 13.3. The lowest BCUT2D eigenvalue weighted by Gasteiger charge is -2.34. The molecular formula is C16H24FN3O2. The molecule has 0 unspecified atom stereocenters. The number of rotatable bonds is 5. The second kappa shape index (κ2) is 8.10. The van der Waals surface area contributed by atoms with E-state index in [1.165, 1.54) is 6.07 Å². The van der Waals surface area contributed by atoms with Crippen molar-refractivity contribution in [3.63, 3.8) is 0 Å². The van der Waals surface area contributed by atoms with Gasteiger partial charge >= 0.3 is 6.03 Å². The number of piperazine rings is 1. The molecule has 2 rings (SSSR count). The maximum Gasteiger partial charge on any atom is 0.322 e. The van der Waals surface area contributed by atoms with Crippen LogP contribution in [0.3, 0.4) is 0 Å². The van der Waals surface area contributed by atoms with Gasteiger partial charge in [0.05, 0.1) is 5.69 Å². The highest BCUT2D eigenvalue weighted by Gasteiger charge is 2.21. The van der Waals surface area contributed by atoms with E-state index in [1.54, 1.807) is 24.1 Å². The quantitative estimate of drug-likeness (QED) is 0.849. The third-order valence-corrected chi connectivity index (χ3v) is 3.85. The number of halogens is 1. The van der Waals surface area contributed by atoms with E-state index in [9.17, 15) is 9.18 Å². The topological polar surface area (TPSA) is 44.8 Å². The zero-order valence-corrected chi connectivity index (χ0v) is 13.3. The summed E-state index contributed by atoms with van der Waals surface area (Å²) in [7, 11) is 1.70. The summed E-state index contributed by atoms with van der Waals surface area (Å²) in [6.45, 7) is 6.61. The predicted octanol–water partition coefficient (Wildman–Crippen LogP) is 2.32. The van der Waals surface area contributed by atoms with Gasteiger partial charge in [-0.2, -0.15) is 0 Å². The van der Waals surface area contributed by atoms with Crippen molar-refractivity contribution < 1.29 is 13.9 Å². The standard InChI is InChI=1S/C16H24FN3O2/c1-13-4-5-14(17)15(12-13)18-16(21)20-9-7-19(8-10-20)6-3-11-22-2/h4-5,12H,3,6-11H2,1-2H3,(H,18,21). The van der Waals surface area contributed by atoms with Crippen LogP contribution >= 0.6 is 0 Å². The Kier molecular flexibility index (Phi) is 6.15. The highest BCUT2D eigenvalue weighted by atomic mass is 19.1. The number of carbonyl (C=O) groups excluding carboxylic acids is 1. The van der Waals surface area contributed by atoms with E-state index < -0.39 is 5.82 Å². The SMILES string of the molecule is COCCCN1CCN(C(=O)Nc2cc(C)ccc2F)CC1. The summed E-state index contributed by atoms with van der Waals surface area (Å²) in [4.78, 5) is 16.3. The van der Waals surface area contributed by atoms with Crippen molar-refractivity contribution in [2.75, 3.05) is 51.8 Å². The fourth-order valence-corrected chi connectivity index (χ4v) is 2.54.